The molecule has 0 aliphatic carbocycles. The minimum absolute atomic E-state index is 0.0315. The van der Waals surface area contributed by atoms with E-state index in [4.69, 9.17) is 9.15 Å². The van der Waals surface area contributed by atoms with Crippen molar-refractivity contribution in [2.75, 3.05) is 4.90 Å². The Hall–Kier alpha value is -3.08. The van der Waals surface area contributed by atoms with Crippen molar-refractivity contribution in [1.29, 1.82) is 0 Å². The average molecular weight is 363 g/mol. The van der Waals surface area contributed by atoms with Gasteiger partial charge in [0.1, 0.15) is 5.58 Å². The number of rotatable bonds is 3. The fourth-order valence-electron chi connectivity index (χ4n) is 3.73. The van der Waals surface area contributed by atoms with E-state index in [1.807, 2.05) is 56.3 Å². The predicted molar refractivity (Wildman–Crippen MR) is 103 cm³/mol. The maximum atomic E-state index is 13.0. The molecular formula is C22H21NO4. The maximum absolute atomic E-state index is 13.0. The lowest BCUT2D eigenvalue weighted by atomic mass is 10.1. The number of nitrogens with zero attached hydrogens (tertiary/aromatic N) is 1. The second kappa shape index (κ2) is 6.58. The second-order valence-corrected chi connectivity index (χ2v) is 6.99. The van der Waals surface area contributed by atoms with Crippen LogP contribution in [0.2, 0.25) is 0 Å². The molecule has 138 valence electrons. The van der Waals surface area contributed by atoms with Crippen molar-refractivity contribution in [1.82, 2.24) is 0 Å². The summed E-state index contributed by atoms with van der Waals surface area (Å²) in [5, 5.41) is 0.866. The number of carbonyl (C=O) groups excluding carboxylic acids is 2. The van der Waals surface area contributed by atoms with Crippen molar-refractivity contribution in [3.05, 3.63) is 65.4 Å². The summed E-state index contributed by atoms with van der Waals surface area (Å²) in [5.74, 6) is -0.704. The highest BCUT2D eigenvalue weighted by Crippen LogP contribution is 2.33. The summed E-state index contributed by atoms with van der Waals surface area (Å²) >= 11 is 0. The van der Waals surface area contributed by atoms with Gasteiger partial charge in [-0.1, -0.05) is 36.4 Å². The van der Waals surface area contributed by atoms with E-state index in [0.717, 1.165) is 28.6 Å². The largest absolute Gasteiger partial charge is 0.449 e. The van der Waals surface area contributed by atoms with Crippen molar-refractivity contribution in [3.63, 3.8) is 0 Å². The smallest absolute Gasteiger partial charge is 0.375 e. The normalized spacial score (nSPS) is 17.0. The molecule has 2 aromatic carbocycles. The first kappa shape index (κ1) is 17.3. The Morgan fingerprint density at radius 2 is 1.85 bits per heavy atom. The van der Waals surface area contributed by atoms with Gasteiger partial charge in [-0.3, -0.25) is 4.79 Å². The molecule has 1 amide bonds. The first-order valence-electron chi connectivity index (χ1n) is 9.07. The molecule has 0 unspecified atom stereocenters. The highest BCUT2D eigenvalue weighted by molar-refractivity contribution is 6.01. The highest BCUT2D eigenvalue weighted by atomic mass is 16.6. The van der Waals surface area contributed by atoms with Crippen LogP contribution >= 0.6 is 0 Å². The number of ether oxygens (including phenoxy) is 1. The van der Waals surface area contributed by atoms with Gasteiger partial charge >= 0.3 is 5.97 Å². The van der Waals surface area contributed by atoms with Gasteiger partial charge in [-0.15, -0.1) is 0 Å². The number of hydrogen-bond donors (Lipinski definition) is 0. The molecule has 5 heteroatoms. The molecule has 0 spiro atoms. The number of aryl methyl sites for hydroxylation is 1. The molecule has 5 nitrogen and oxygen atoms in total. The van der Waals surface area contributed by atoms with Crippen LogP contribution in [0.3, 0.4) is 0 Å². The zero-order valence-corrected chi connectivity index (χ0v) is 15.6. The monoisotopic (exact) mass is 363 g/mol. The fraction of sp³-hybridized carbons (Fsp3) is 0.273. The lowest BCUT2D eigenvalue weighted by Gasteiger charge is -2.25. The van der Waals surface area contributed by atoms with Crippen LogP contribution < -0.4 is 4.90 Å². The molecule has 0 radical (unpaired) electrons. The van der Waals surface area contributed by atoms with Crippen LogP contribution in [0.5, 0.6) is 0 Å². The molecule has 1 aliphatic rings. The number of furan rings is 1. The fourth-order valence-corrected chi connectivity index (χ4v) is 3.73. The molecular weight excluding hydrogens is 342 g/mol. The summed E-state index contributed by atoms with van der Waals surface area (Å²) in [6, 6.07) is 15.3. The van der Waals surface area contributed by atoms with Gasteiger partial charge in [0.05, 0.1) is 0 Å². The van der Waals surface area contributed by atoms with Gasteiger partial charge in [0, 0.05) is 22.7 Å². The molecule has 3 aromatic rings. The minimum Gasteiger partial charge on any atom is -0.449 e. The summed E-state index contributed by atoms with van der Waals surface area (Å²) in [6.07, 6.45) is -0.107. The number of benzene rings is 2. The summed E-state index contributed by atoms with van der Waals surface area (Å²) in [4.78, 5) is 27.3. The third-order valence-electron chi connectivity index (χ3n) is 5.11. The Morgan fingerprint density at radius 1 is 1.15 bits per heavy atom. The summed E-state index contributed by atoms with van der Waals surface area (Å²) in [5.41, 5.74) is 3.36. The van der Waals surface area contributed by atoms with E-state index in [1.54, 1.807) is 17.9 Å². The van der Waals surface area contributed by atoms with Crippen LogP contribution in [0.1, 0.15) is 35.5 Å². The molecule has 2 heterocycles. The molecule has 0 N–H and O–H groups in total. The minimum atomic E-state index is -0.904. The van der Waals surface area contributed by atoms with Crippen molar-refractivity contribution in [2.24, 2.45) is 0 Å². The number of para-hydroxylation sites is 2. The number of amides is 1. The molecule has 1 aromatic heterocycles. The Balaban J connectivity index is 1.55. The van der Waals surface area contributed by atoms with Crippen molar-refractivity contribution in [3.8, 4) is 0 Å². The quantitative estimate of drug-likeness (QED) is 0.652. The number of anilines is 1. The van der Waals surface area contributed by atoms with E-state index in [0.29, 0.717) is 5.58 Å². The number of carbonyl (C=O) groups is 2. The van der Waals surface area contributed by atoms with Crippen LogP contribution in [0.15, 0.2) is 52.9 Å². The zero-order chi connectivity index (χ0) is 19.1. The van der Waals surface area contributed by atoms with Gasteiger partial charge in [-0.2, -0.15) is 0 Å². The van der Waals surface area contributed by atoms with E-state index in [-0.39, 0.29) is 17.7 Å². The van der Waals surface area contributed by atoms with Crippen LogP contribution in [0.25, 0.3) is 11.0 Å². The van der Waals surface area contributed by atoms with Crippen LogP contribution in [-0.4, -0.2) is 24.0 Å². The molecule has 0 fully saturated rings. The van der Waals surface area contributed by atoms with Crippen LogP contribution in [0.4, 0.5) is 5.69 Å². The number of fused-ring (bicyclic) bond motifs is 2. The Kier molecular flexibility index (Phi) is 4.22. The highest BCUT2D eigenvalue weighted by Gasteiger charge is 2.35. The first-order valence-corrected chi connectivity index (χ1v) is 9.07. The topological polar surface area (TPSA) is 59.8 Å². The molecule has 0 saturated carbocycles. The lowest BCUT2D eigenvalue weighted by molar-refractivity contribution is -0.126. The first-order chi connectivity index (χ1) is 13.0. The molecule has 27 heavy (non-hydrogen) atoms. The Bertz CT molecular complexity index is 1040. The van der Waals surface area contributed by atoms with Gasteiger partial charge in [0.15, 0.2) is 6.10 Å². The van der Waals surface area contributed by atoms with E-state index < -0.39 is 12.1 Å². The maximum Gasteiger partial charge on any atom is 0.375 e. The van der Waals surface area contributed by atoms with Crippen molar-refractivity contribution >= 4 is 28.5 Å². The second-order valence-electron chi connectivity index (χ2n) is 6.99. The standard InChI is InChI=1S/C22H21NO4/c1-13-12-16-8-4-6-10-18(16)23(13)21(24)15(3)26-22(25)20-14(2)17-9-5-7-11-19(17)27-20/h4-11,13,15H,12H2,1-3H3/t13-,15+/m0/s1. The Labute approximate surface area is 157 Å². The molecule has 2 atom stereocenters. The third kappa shape index (κ3) is 2.89. The summed E-state index contributed by atoms with van der Waals surface area (Å²) in [6.45, 7) is 5.41. The average Bonchev–Trinajstić information content (AvgIpc) is 3.18. The van der Waals surface area contributed by atoms with Gasteiger partial charge < -0.3 is 14.1 Å². The van der Waals surface area contributed by atoms with E-state index in [2.05, 4.69) is 0 Å². The van der Waals surface area contributed by atoms with Crippen LogP contribution in [-0.2, 0) is 16.0 Å². The predicted octanol–water partition coefficient (Wildman–Crippen LogP) is 4.26. The zero-order valence-electron chi connectivity index (χ0n) is 15.6. The van der Waals surface area contributed by atoms with Gasteiger partial charge in [-0.05, 0) is 44.9 Å². The molecule has 1 aliphatic heterocycles. The van der Waals surface area contributed by atoms with E-state index >= 15 is 0 Å². The summed E-state index contributed by atoms with van der Waals surface area (Å²) in [7, 11) is 0. The number of esters is 1. The van der Waals surface area contributed by atoms with Gasteiger partial charge in [0.2, 0.25) is 5.76 Å². The molecule has 0 saturated heterocycles. The van der Waals surface area contributed by atoms with Gasteiger partial charge in [-0.25, -0.2) is 4.79 Å². The lowest BCUT2D eigenvalue weighted by Crippen LogP contribution is -2.43. The third-order valence-corrected chi connectivity index (χ3v) is 5.11. The molecule has 4 rings (SSSR count). The summed E-state index contributed by atoms with van der Waals surface area (Å²) < 4.78 is 11.1. The Morgan fingerprint density at radius 3 is 2.63 bits per heavy atom. The van der Waals surface area contributed by atoms with Crippen molar-refractivity contribution < 1.29 is 18.7 Å². The van der Waals surface area contributed by atoms with E-state index in [1.165, 1.54) is 0 Å². The van der Waals surface area contributed by atoms with Crippen LogP contribution in [0, 0.1) is 6.92 Å². The van der Waals surface area contributed by atoms with Crippen molar-refractivity contribution in [2.45, 2.75) is 39.3 Å². The molecule has 0 bridgehead atoms. The van der Waals surface area contributed by atoms with Gasteiger partial charge in [0.25, 0.3) is 5.91 Å². The SMILES string of the molecule is Cc1c(C(=O)O[C@H](C)C(=O)N2c3ccccc3C[C@@H]2C)oc2ccccc12. The van der Waals surface area contributed by atoms with E-state index in [9.17, 15) is 9.59 Å². The number of hydrogen-bond acceptors (Lipinski definition) is 4.